The summed E-state index contributed by atoms with van der Waals surface area (Å²) in [5, 5.41) is 13.5. The summed E-state index contributed by atoms with van der Waals surface area (Å²) in [4.78, 5) is 2.60. The molecule has 3 fully saturated rings. The molecule has 2 aliphatic carbocycles. The van der Waals surface area contributed by atoms with Crippen LogP contribution in [-0.4, -0.2) is 60.5 Å². The summed E-state index contributed by atoms with van der Waals surface area (Å²) in [6.07, 6.45) is 8.90. The SMILES string of the molecule is COC1CCCN(C2CCC(CO)(NC3CC3)C2)C1. The van der Waals surface area contributed by atoms with Gasteiger partial charge in [-0.05, 0) is 51.5 Å². The molecule has 19 heavy (non-hydrogen) atoms. The lowest BCUT2D eigenvalue weighted by atomic mass is 9.97. The number of aliphatic hydroxyl groups excluding tert-OH is 1. The Bertz CT molecular complexity index is 309. The minimum Gasteiger partial charge on any atom is -0.394 e. The maximum absolute atomic E-state index is 9.80. The number of methoxy groups -OCH3 is 1. The summed E-state index contributed by atoms with van der Waals surface area (Å²) < 4.78 is 5.53. The van der Waals surface area contributed by atoms with Crippen molar-refractivity contribution in [2.75, 3.05) is 26.8 Å². The van der Waals surface area contributed by atoms with Crippen LogP contribution in [0.1, 0.15) is 44.9 Å². The van der Waals surface area contributed by atoms with Gasteiger partial charge in [-0.2, -0.15) is 0 Å². The first-order valence-corrected chi connectivity index (χ1v) is 7.90. The van der Waals surface area contributed by atoms with E-state index < -0.39 is 0 Å². The smallest absolute Gasteiger partial charge is 0.0698 e. The molecule has 110 valence electrons. The average Bonchev–Trinajstić information content (AvgIpc) is 3.16. The summed E-state index contributed by atoms with van der Waals surface area (Å²) in [5.74, 6) is 0. The molecule has 1 saturated heterocycles. The molecule has 0 amide bonds. The first-order chi connectivity index (χ1) is 9.24. The molecule has 0 spiro atoms. The quantitative estimate of drug-likeness (QED) is 0.785. The third-order valence-corrected chi connectivity index (χ3v) is 5.23. The molecule has 1 aliphatic heterocycles. The van der Waals surface area contributed by atoms with Crippen LogP contribution < -0.4 is 5.32 Å². The fourth-order valence-corrected chi connectivity index (χ4v) is 3.88. The lowest BCUT2D eigenvalue weighted by Crippen LogP contribution is -2.50. The Kier molecular flexibility index (Phi) is 4.13. The van der Waals surface area contributed by atoms with Gasteiger partial charge >= 0.3 is 0 Å². The van der Waals surface area contributed by atoms with Crippen LogP contribution in [-0.2, 0) is 4.74 Å². The van der Waals surface area contributed by atoms with E-state index >= 15 is 0 Å². The number of hydrogen-bond donors (Lipinski definition) is 2. The Morgan fingerprint density at radius 1 is 1.32 bits per heavy atom. The zero-order valence-corrected chi connectivity index (χ0v) is 12.1. The molecule has 3 atom stereocenters. The summed E-state index contributed by atoms with van der Waals surface area (Å²) >= 11 is 0. The normalized spacial score (nSPS) is 40.7. The number of hydrogen-bond acceptors (Lipinski definition) is 4. The van der Waals surface area contributed by atoms with Gasteiger partial charge in [0.25, 0.3) is 0 Å². The molecule has 0 bridgehead atoms. The Morgan fingerprint density at radius 3 is 2.84 bits per heavy atom. The molecule has 0 aromatic rings. The molecule has 3 aliphatic rings. The van der Waals surface area contributed by atoms with Gasteiger partial charge in [-0.15, -0.1) is 0 Å². The van der Waals surface area contributed by atoms with Gasteiger partial charge in [0.1, 0.15) is 0 Å². The van der Waals surface area contributed by atoms with E-state index in [1.807, 2.05) is 7.11 Å². The predicted molar refractivity (Wildman–Crippen MR) is 75.2 cm³/mol. The van der Waals surface area contributed by atoms with E-state index in [0.29, 0.717) is 24.8 Å². The van der Waals surface area contributed by atoms with Gasteiger partial charge in [-0.3, -0.25) is 4.90 Å². The van der Waals surface area contributed by atoms with Gasteiger partial charge in [0.2, 0.25) is 0 Å². The molecule has 3 rings (SSSR count). The maximum Gasteiger partial charge on any atom is 0.0698 e. The monoisotopic (exact) mass is 268 g/mol. The lowest BCUT2D eigenvalue weighted by molar-refractivity contribution is 0.0132. The minimum absolute atomic E-state index is 0.00580. The van der Waals surface area contributed by atoms with E-state index in [2.05, 4.69) is 10.2 Å². The van der Waals surface area contributed by atoms with Crippen molar-refractivity contribution in [3.05, 3.63) is 0 Å². The number of likely N-dealkylation sites (tertiary alicyclic amines) is 1. The highest BCUT2D eigenvalue weighted by atomic mass is 16.5. The van der Waals surface area contributed by atoms with Crippen molar-refractivity contribution < 1.29 is 9.84 Å². The van der Waals surface area contributed by atoms with Gasteiger partial charge in [-0.25, -0.2) is 0 Å². The number of aliphatic hydroxyl groups is 1. The first kappa shape index (κ1) is 13.8. The molecule has 1 heterocycles. The van der Waals surface area contributed by atoms with Crippen LogP contribution in [0.2, 0.25) is 0 Å². The highest BCUT2D eigenvalue weighted by Crippen LogP contribution is 2.37. The molecule has 0 aromatic heterocycles. The molecule has 4 nitrogen and oxygen atoms in total. The van der Waals surface area contributed by atoms with Crippen LogP contribution >= 0.6 is 0 Å². The minimum atomic E-state index is 0.00580. The number of rotatable bonds is 5. The van der Waals surface area contributed by atoms with Crippen LogP contribution in [0.25, 0.3) is 0 Å². The zero-order chi connectivity index (χ0) is 13.3. The number of piperidine rings is 1. The van der Waals surface area contributed by atoms with E-state index in [4.69, 9.17) is 4.74 Å². The number of nitrogens with zero attached hydrogens (tertiary/aromatic N) is 1. The average molecular weight is 268 g/mol. The standard InChI is InChI=1S/C15H28N2O2/c1-19-14-3-2-8-17(10-14)13-6-7-15(9-13,11-18)16-12-4-5-12/h12-14,16,18H,2-11H2,1H3. The van der Waals surface area contributed by atoms with Crippen LogP contribution in [0.3, 0.4) is 0 Å². The van der Waals surface area contributed by atoms with E-state index in [1.165, 1.54) is 38.6 Å². The molecule has 3 unspecified atom stereocenters. The van der Waals surface area contributed by atoms with Crippen molar-refractivity contribution in [1.29, 1.82) is 0 Å². The van der Waals surface area contributed by atoms with Crippen molar-refractivity contribution in [3.63, 3.8) is 0 Å². The van der Waals surface area contributed by atoms with E-state index in [-0.39, 0.29) is 5.54 Å². The van der Waals surface area contributed by atoms with Gasteiger partial charge in [0, 0.05) is 31.3 Å². The van der Waals surface area contributed by atoms with Crippen molar-refractivity contribution in [1.82, 2.24) is 10.2 Å². The molecule has 0 radical (unpaired) electrons. The zero-order valence-electron chi connectivity index (χ0n) is 12.1. The maximum atomic E-state index is 9.80. The van der Waals surface area contributed by atoms with E-state index in [1.54, 1.807) is 0 Å². The van der Waals surface area contributed by atoms with Crippen LogP contribution in [0, 0.1) is 0 Å². The topological polar surface area (TPSA) is 44.7 Å². The summed E-state index contributed by atoms with van der Waals surface area (Å²) in [7, 11) is 1.83. The molecule has 0 aromatic carbocycles. The molecule has 2 saturated carbocycles. The van der Waals surface area contributed by atoms with E-state index in [9.17, 15) is 5.11 Å². The van der Waals surface area contributed by atoms with Gasteiger partial charge in [0.15, 0.2) is 0 Å². The number of nitrogens with one attached hydrogen (secondary N) is 1. The Balaban J connectivity index is 1.57. The highest BCUT2D eigenvalue weighted by Gasteiger charge is 2.44. The van der Waals surface area contributed by atoms with Crippen LogP contribution in [0.4, 0.5) is 0 Å². The predicted octanol–water partition coefficient (Wildman–Crippen LogP) is 1.13. The van der Waals surface area contributed by atoms with Crippen molar-refractivity contribution in [3.8, 4) is 0 Å². The van der Waals surface area contributed by atoms with Crippen LogP contribution in [0.15, 0.2) is 0 Å². The Hall–Kier alpha value is -0.160. The van der Waals surface area contributed by atoms with E-state index in [0.717, 1.165) is 19.4 Å². The van der Waals surface area contributed by atoms with Crippen molar-refractivity contribution in [2.24, 2.45) is 0 Å². The van der Waals surface area contributed by atoms with Crippen LogP contribution in [0.5, 0.6) is 0 Å². The molecular formula is C15H28N2O2. The summed E-state index contributed by atoms with van der Waals surface area (Å²) in [6, 6.07) is 1.32. The third kappa shape index (κ3) is 3.13. The summed E-state index contributed by atoms with van der Waals surface area (Å²) in [5.41, 5.74) is 0.00580. The van der Waals surface area contributed by atoms with Gasteiger partial charge in [0.05, 0.1) is 12.7 Å². The summed E-state index contributed by atoms with van der Waals surface area (Å²) in [6.45, 7) is 2.57. The lowest BCUT2D eigenvalue weighted by Gasteiger charge is -2.37. The fraction of sp³-hybridized carbons (Fsp3) is 1.00. The highest BCUT2D eigenvalue weighted by molar-refractivity contribution is 5.03. The Morgan fingerprint density at radius 2 is 2.16 bits per heavy atom. The first-order valence-electron chi connectivity index (χ1n) is 7.90. The Labute approximate surface area is 116 Å². The molecule has 4 heteroatoms. The second-order valence-electron chi connectivity index (χ2n) is 6.75. The molecular weight excluding hydrogens is 240 g/mol. The largest absolute Gasteiger partial charge is 0.394 e. The van der Waals surface area contributed by atoms with Crippen molar-refractivity contribution >= 4 is 0 Å². The van der Waals surface area contributed by atoms with Gasteiger partial charge in [-0.1, -0.05) is 0 Å². The number of ether oxygens (including phenoxy) is 1. The van der Waals surface area contributed by atoms with Gasteiger partial charge < -0.3 is 15.2 Å². The second-order valence-corrected chi connectivity index (χ2v) is 6.75. The van der Waals surface area contributed by atoms with Crippen molar-refractivity contribution in [2.45, 2.75) is 68.7 Å². The third-order valence-electron chi connectivity index (χ3n) is 5.23. The second kappa shape index (κ2) is 5.68. The fourth-order valence-electron chi connectivity index (χ4n) is 3.88. The molecule has 2 N–H and O–H groups in total.